The number of benzene rings is 1. The van der Waals surface area contributed by atoms with Gasteiger partial charge < -0.3 is 10.6 Å². The molecule has 0 aromatic heterocycles. The molecule has 0 amide bonds. The Morgan fingerprint density at radius 1 is 1.30 bits per heavy atom. The molecule has 1 aliphatic rings. The largest absolute Gasteiger partial charge is 0.416 e. The van der Waals surface area contributed by atoms with E-state index in [4.69, 9.17) is 5.73 Å². The molecule has 1 fully saturated rings. The molecule has 1 aromatic rings. The second-order valence-corrected chi connectivity index (χ2v) is 5.50. The van der Waals surface area contributed by atoms with Gasteiger partial charge in [0.25, 0.3) is 0 Å². The van der Waals surface area contributed by atoms with E-state index in [2.05, 4.69) is 9.80 Å². The zero-order chi connectivity index (χ0) is 14.9. The monoisotopic (exact) mass is 287 g/mol. The fourth-order valence-electron chi connectivity index (χ4n) is 2.63. The van der Waals surface area contributed by atoms with Gasteiger partial charge in [0.2, 0.25) is 0 Å². The molecule has 1 saturated heterocycles. The van der Waals surface area contributed by atoms with Gasteiger partial charge in [-0.1, -0.05) is 6.07 Å². The minimum absolute atomic E-state index is 0.146. The van der Waals surface area contributed by atoms with Gasteiger partial charge >= 0.3 is 6.18 Å². The van der Waals surface area contributed by atoms with Crippen molar-refractivity contribution >= 4 is 5.69 Å². The summed E-state index contributed by atoms with van der Waals surface area (Å²) in [6.45, 7) is 4.88. The highest BCUT2D eigenvalue weighted by molar-refractivity contribution is 5.46. The van der Waals surface area contributed by atoms with Crippen LogP contribution in [0.1, 0.15) is 18.1 Å². The van der Waals surface area contributed by atoms with Crippen LogP contribution >= 0.6 is 0 Å². The molecule has 6 heteroatoms. The third-order valence-corrected chi connectivity index (χ3v) is 3.78. The van der Waals surface area contributed by atoms with Gasteiger partial charge in [0, 0.05) is 37.9 Å². The molecule has 1 aliphatic heterocycles. The number of likely N-dealkylation sites (N-methyl/N-ethyl adjacent to an activating group) is 1. The van der Waals surface area contributed by atoms with Crippen LogP contribution in [0, 0.1) is 0 Å². The van der Waals surface area contributed by atoms with Gasteiger partial charge in [-0.25, -0.2) is 0 Å². The van der Waals surface area contributed by atoms with Crippen molar-refractivity contribution in [2.75, 3.05) is 32.4 Å². The number of alkyl halides is 3. The highest BCUT2D eigenvalue weighted by Gasteiger charge is 2.34. The van der Waals surface area contributed by atoms with Crippen molar-refractivity contribution in [1.29, 1.82) is 0 Å². The standard InChI is InChI=1S/C14H20F3N3/c1-10-8-19(2)5-6-20(10)9-11-3-4-12(18)7-13(11)14(15,16)17/h3-4,7,10H,5-6,8-9,18H2,1-2H3. The van der Waals surface area contributed by atoms with Gasteiger partial charge in [0.05, 0.1) is 5.56 Å². The number of nitrogens with zero attached hydrogens (tertiary/aromatic N) is 2. The fraction of sp³-hybridized carbons (Fsp3) is 0.571. The average Bonchev–Trinajstić information content (AvgIpc) is 2.33. The highest BCUT2D eigenvalue weighted by atomic mass is 19.4. The number of anilines is 1. The Kier molecular flexibility index (Phi) is 4.25. The molecule has 0 radical (unpaired) electrons. The maximum Gasteiger partial charge on any atom is 0.416 e. The van der Waals surface area contributed by atoms with Gasteiger partial charge in [-0.05, 0) is 31.7 Å². The maximum absolute atomic E-state index is 13.1. The van der Waals surface area contributed by atoms with E-state index < -0.39 is 11.7 Å². The molecule has 20 heavy (non-hydrogen) atoms. The molecular weight excluding hydrogens is 267 g/mol. The fourth-order valence-corrected chi connectivity index (χ4v) is 2.63. The smallest absolute Gasteiger partial charge is 0.399 e. The van der Waals surface area contributed by atoms with Crippen LogP contribution in [0.15, 0.2) is 18.2 Å². The molecule has 1 atom stereocenters. The van der Waals surface area contributed by atoms with E-state index in [1.54, 1.807) is 0 Å². The number of nitrogens with two attached hydrogens (primary N) is 1. The number of hydrogen-bond acceptors (Lipinski definition) is 3. The molecule has 0 saturated carbocycles. The molecule has 1 aromatic carbocycles. The lowest BCUT2D eigenvalue weighted by atomic mass is 10.0. The van der Waals surface area contributed by atoms with Crippen LogP contribution in [-0.2, 0) is 12.7 Å². The number of halogens is 3. The summed E-state index contributed by atoms with van der Waals surface area (Å²) in [4.78, 5) is 4.27. The number of nitrogen functional groups attached to an aromatic ring is 1. The maximum atomic E-state index is 13.1. The SMILES string of the molecule is CC1CN(C)CCN1Cc1ccc(N)cc1C(F)(F)F. The molecule has 1 heterocycles. The molecule has 1 unspecified atom stereocenters. The molecule has 112 valence electrons. The predicted octanol–water partition coefficient (Wildman–Crippen LogP) is 2.42. The summed E-state index contributed by atoms with van der Waals surface area (Å²) in [5.74, 6) is 0. The van der Waals surface area contributed by atoms with Crippen molar-refractivity contribution in [3.63, 3.8) is 0 Å². The molecule has 3 nitrogen and oxygen atoms in total. The summed E-state index contributed by atoms with van der Waals surface area (Å²) in [5, 5.41) is 0. The van der Waals surface area contributed by atoms with E-state index >= 15 is 0 Å². The highest BCUT2D eigenvalue weighted by Crippen LogP contribution is 2.34. The number of hydrogen-bond donors (Lipinski definition) is 1. The van der Waals surface area contributed by atoms with E-state index in [1.165, 1.54) is 12.1 Å². The van der Waals surface area contributed by atoms with Crippen molar-refractivity contribution in [3.05, 3.63) is 29.3 Å². The van der Waals surface area contributed by atoms with Crippen LogP contribution in [-0.4, -0.2) is 42.5 Å². The van der Waals surface area contributed by atoms with E-state index in [1.807, 2.05) is 14.0 Å². The van der Waals surface area contributed by atoms with Crippen molar-refractivity contribution in [2.24, 2.45) is 0 Å². The Balaban J connectivity index is 2.21. The van der Waals surface area contributed by atoms with Crippen molar-refractivity contribution in [1.82, 2.24) is 9.80 Å². The summed E-state index contributed by atoms with van der Waals surface area (Å²) in [5.41, 5.74) is 5.30. The van der Waals surface area contributed by atoms with Crippen LogP contribution in [0.25, 0.3) is 0 Å². The first-order valence-electron chi connectivity index (χ1n) is 6.65. The van der Waals surface area contributed by atoms with Crippen LogP contribution in [0.4, 0.5) is 18.9 Å². The summed E-state index contributed by atoms with van der Waals surface area (Å²) in [6.07, 6.45) is -4.36. The molecule has 2 N–H and O–H groups in total. The average molecular weight is 287 g/mol. The van der Waals surface area contributed by atoms with Crippen molar-refractivity contribution in [3.8, 4) is 0 Å². The summed E-state index contributed by atoms with van der Waals surface area (Å²) in [7, 11) is 2.03. The lowest BCUT2D eigenvalue weighted by Gasteiger charge is -2.38. The minimum atomic E-state index is -4.36. The van der Waals surface area contributed by atoms with E-state index in [-0.39, 0.29) is 11.7 Å². The van der Waals surface area contributed by atoms with Crippen LogP contribution in [0.3, 0.4) is 0 Å². The van der Waals surface area contributed by atoms with E-state index in [0.717, 1.165) is 25.7 Å². The van der Waals surface area contributed by atoms with Gasteiger partial charge in [-0.15, -0.1) is 0 Å². The lowest BCUT2D eigenvalue weighted by molar-refractivity contribution is -0.138. The van der Waals surface area contributed by atoms with Crippen molar-refractivity contribution < 1.29 is 13.2 Å². The Labute approximate surface area is 117 Å². The normalized spacial score (nSPS) is 22.1. The first kappa shape index (κ1) is 15.1. The van der Waals surface area contributed by atoms with Gasteiger partial charge in [-0.2, -0.15) is 13.2 Å². The first-order chi connectivity index (χ1) is 9.27. The molecular formula is C14H20F3N3. The molecule has 0 aliphatic carbocycles. The topological polar surface area (TPSA) is 32.5 Å². The van der Waals surface area contributed by atoms with Crippen LogP contribution < -0.4 is 5.73 Å². The van der Waals surface area contributed by atoms with Gasteiger partial charge in [0.1, 0.15) is 0 Å². The predicted molar refractivity (Wildman–Crippen MR) is 73.2 cm³/mol. The summed E-state index contributed by atoms with van der Waals surface area (Å²) < 4.78 is 39.2. The molecule has 2 rings (SSSR count). The second-order valence-electron chi connectivity index (χ2n) is 5.50. The molecule has 0 bridgehead atoms. The molecule has 0 spiro atoms. The van der Waals surface area contributed by atoms with Gasteiger partial charge in [0.15, 0.2) is 0 Å². The Morgan fingerprint density at radius 3 is 2.60 bits per heavy atom. The van der Waals surface area contributed by atoms with Gasteiger partial charge in [-0.3, -0.25) is 4.90 Å². The van der Waals surface area contributed by atoms with Crippen LogP contribution in [0.2, 0.25) is 0 Å². The van der Waals surface area contributed by atoms with E-state index in [9.17, 15) is 13.2 Å². The zero-order valence-corrected chi connectivity index (χ0v) is 11.7. The quantitative estimate of drug-likeness (QED) is 0.848. The second kappa shape index (κ2) is 5.61. The summed E-state index contributed by atoms with van der Waals surface area (Å²) in [6, 6.07) is 4.29. The number of piperazine rings is 1. The number of rotatable bonds is 2. The zero-order valence-electron chi connectivity index (χ0n) is 11.7. The van der Waals surface area contributed by atoms with Crippen molar-refractivity contribution in [2.45, 2.75) is 25.7 Å². The third kappa shape index (κ3) is 3.43. The lowest BCUT2D eigenvalue weighted by Crippen LogP contribution is -2.49. The first-order valence-corrected chi connectivity index (χ1v) is 6.65. The van der Waals surface area contributed by atoms with Crippen LogP contribution in [0.5, 0.6) is 0 Å². The Hall–Kier alpha value is -1.27. The Morgan fingerprint density at radius 2 is 2.00 bits per heavy atom. The van der Waals surface area contributed by atoms with E-state index in [0.29, 0.717) is 12.1 Å². The minimum Gasteiger partial charge on any atom is -0.399 e. The summed E-state index contributed by atoms with van der Waals surface area (Å²) >= 11 is 0. The third-order valence-electron chi connectivity index (χ3n) is 3.78. The Bertz CT molecular complexity index is 473.